The number of nitrogens with one attached hydrogen (secondary N) is 1. The molecule has 0 bridgehead atoms. The molecule has 0 aliphatic heterocycles. The van der Waals surface area contributed by atoms with Gasteiger partial charge in [0, 0.05) is 28.7 Å². The first-order valence-corrected chi connectivity index (χ1v) is 11.4. The van der Waals surface area contributed by atoms with Gasteiger partial charge in [0.25, 0.3) is 5.56 Å². The molecule has 2 heterocycles. The summed E-state index contributed by atoms with van der Waals surface area (Å²) in [5.41, 5.74) is 4.31. The summed E-state index contributed by atoms with van der Waals surface area (Å²) in [4.78, 5) is 29.9. The van der Waals surface area contributed by atoms with Crippen LogP contribution in [0.15, 0.2) is 63.9 Å². The van der Waals surface area contributed by atoms with Crippen molar-refractivity contribution in [2.45, 2.75) is 12.1 Å². The molecule has 5 nitrogen and oxygen atoms in total. The third-order valence-corrected chi connectivity index (χ3v) is 6.78. The number of carbonyl (C=O) groups excluding carboxylic acids is 1. The van der Waals surface area contributed by atoms with Crippen molar-refractivity contribution in [1.29, 1.82) is 0 Å². The van der Waals surface area contributed by atoms with Crippen molar-refractivity contribution in [3.63, 3.8) is 0 Å². The first kappa shape index (κ1) is 20.7. The van der Waals surface area contributed by atoms with Crippen molar-refractivity contribution in [1.82, 2.24) is 9.55 Å². The molecule has 0 atom stereocenters. The Bertz CT molecular complexity index is 1300. The second kappa shape index (κ2) is 8.63. The zero-order valence-electron chi connectivity index (χ0n) is 16.3. The fraction of sp³-hybridized carbons (Fsp3) is 0.136. The van der Waals surface area contributed by atoms with Gasteiger partial charge in [-0.15, -0.1) is 11.3 Å². The van der Waals surface area contributed by atoms with Gasteiger partial charge in [-0.05, 0) is 30.7 Å². The van der Waals surface area contributed by atoms with Crippen LogP contribution in [0.25, 0.3) is 21.3 Å². The summed E-state index contributed by atoms with van der Waals surface area (Å²) >= 11 is 8.58. The van der Waals surface area contributed by atoms with Gasteiger partial charge < -0.3 is 5.32 Å². The number of rotatable bonds is 5. The summed E-state index contributed by atoms with van der Waals surface area (Å²) in [6.07, 6.45) is 0. The Morgan fingerprint density at radius 2 is 2.00 bits per heavy atom. The second-order valence-corrected chi connectivity index (χ2v) is 9.06. The number of halogens is 1. The SMILES string of the molecule is Cc1ccc(-c2csc3c(=O)n(C)c(SCC(=O)Nc4cccc(Cl)c4)nc23)cc1. The summed E-state index contributed by atoms with van der Waals surface area (Å²) in [6, 6.07) is 15.1. The number of hydrogen-bond donors (Lipinski definition) is 1. The highest BCUT2D eigenvalue weighted by atomic mass is 35.5. The van der Waals surface area contributed by atoms with E-state index in [-0.39, 0.29) is 17.2 Å². The number of thioether (sulfide) groups is 1. The van der Waals surface area contributed by atoms with Crippen LogP contribution in [0.5, 0.6) is 0 Å². The maximum atomic E-state index is 12.8. The quantitative estimate of drug-likeness (QED) is 0.325. The average molecular weight is 456 g/mol. The molecule has 4 aromatic rings. The van der Waals surface area contributed by atoms with E-state index in [9.17, 15) is 9.59 Å². The van der Waals surface area contributed by atoms with Crippen molar-refractivity contribution in [3.05, 3.63) is 74.9 Å². The Hall–Kier alpha value is -2.61. The van der Waals surface area contributed by atoms with Crippen molar-refractivity contribution >= 4 is 56.5 Å². The molecule has 2 aromatic carbocycles. The Morgan fingerprint density at radius 3 is 2.73 bits per heavy atom. The summed E-state index contributed by atoms with van der Waals surface area (Å²) in [6.45, 7) is 2.03. The summed E-state index contributed by atoms with van der Waals surface area (Å²) < 4.78 is 2.11. The molecule has 4 rings (SSSR count). The van der Waals surface area contributed by atoms with Crippen LogP contribution in [-0.4, -0.2) is 21.2 Å². The van der Waals surface area contributed by atoms with Crippen LogP contribution >= 0.6 is 34.7 Å². The molecule has 30 heavy (non-hydrogen) atoms. The van der Waals surface area contributed by atoms with Crippen molar-refractivity contribution in [2.75, 3.05) is 11.1 Å². The molecule has 0 aliphatic rings. The van der Waals surface area contributed by atoms with E-state index < -0.39 is 0 Å². The number of fused-ring (bicyclic) bond motifs is 1. The minimum absolute atomic E-state index is 0.110. The van der Waals surface area contributed by atoms with Crippen LogP contribution in [0.4, 0.5) is 5.69 Å². The number of aromatic nitrogens is 2. The Balaban J connectivity index is 1.60. The number of amides is 1. The fourth-order valence-corrected chi connectivity index (χ4v) is 4.93. The smallest absolute Gasteiger partial charge is 0.271 e. The Labute approximate surface area is 186 Å². The molecule has 1 amide bonds. The van der Waals surface area contributed by atoms with E-state index >= 15 is 0 Å². The minimum atomic E-state index is -0.194. The zero-order chi connectivity index (χ0) is 21.3. The van der Waals surface area contributed by atoms with Crippen LogP contribution in [0, 0.1) is 6.92 Å². The third-order valence-electron chi connectivity index (χ3n) is 4.56. The molecule has 0 spiro atoms. The van der Waals surface area contributed by atoms with Crippen LogP contribution < -0.4 is 10.9 Å². The standard InChI is InChI=1S/C22H18ClN3O2S2/c1-13-6-8-14(9-7-13)17-11-29-20-19(17)25-22(26(2)21(20)28)30-12-18(27)24-16-5-3-4-15(23)10-16/h3-11H,12H2,1-2H3,(H,24,27). The van der Waals surface area contributed by atoms with Crippen LogP contribution in [-0.2, 0) is 11.8 Å². The molecule has 0 aliphatic carbocycles. The molecule has 0 saturated heterocycles. The maximum Gasteiger partial charge on any atom is 0.271 e. The highest BCUT2D eigenvalue weighted by Crippen LogP contribution is 2.32. The molecular weight excluding hydrogens is 438 g/mol. The lowest BCUT2D eigenvalue weighted by molar-refractivity contribution is -0.113. The topological polar surface area (TPSA) is 64.0 Å². The van der Waals surface area contributed by atoms with Gasteiger partial charge in [0.2, 0.25) is 5.91 Å². The minimum Gasteiger partial charge on any atom is -0.325 e. The summed E-state index contributed by atoms with van der Waals surface area (Å²) in [5.74, 6) is -0.0665. The van der Waals surface area contributed by atoms with Gasteiger partial charge in [-0.3, -0.25) is 14.2 Å². The Morgan fingerprint density at radius 1 is 1.23 bits per heavy atom. The van der Waals surface area contributed by atoms with Gasteiger partial charge in [-0.2, -0.15) is 0 Å². The molecule has 2 aromatic heterocycles. The van der Waals surface area contributed by atoms with Gasteiger partial charge >= 0.3 is 0 Å². The van der Waals surface area contributed by atoms with E-state index in [0.29, 0.717) is 26.1 Å². The van der Waals surface area contributed by atoms with Crippen molar-refractivity contribution in [3.8, 4) is 11.1 Å². The summed E-state index contributed by atoms with van der Waals surface area (Å²) in [5, 5.41) is 5.82. The van der Waals surface area contributed by atoms with E-state index in [0.717, 1.165) is 11.1 Å². The Kier molecular flexibility index (Phi) is 5.94. The van der Waals surface area contributed by atoms with Crippen LogP contribution in [0.1, 0.15) is 5.56 Å². The highest BCUT2D eigenvalue weighted by molar-refractivity contribution is 7.99. The molecule has 0 saturated carbocycles. The molecule has 8 heteroatoms. The highest BCUT2D eigenvalue weighted by Gasteiger charge is 2.16. The van der Waals surface area contributed by atoms with E-state index in [4.69, 9.17) is 16.6 Å². The van der Waals surface area contributed by atoms with Crippen molar-refractivity contribution in [2.24, 2.45) is 7.05 Å². The number of hydrogen-bond acceptors (Lipinski definition) is 5. The predicted molar refractivity (Wildman–Crippen MR) is 126 cm³/mol. The normalized spacial score (nSPS) is 11.0. The molecule has 0 fully saturated rings. The van der Waals surface area contributed by atoms with E-state index in [1.165, 1.54) is 33.2 Å². The number of benzene rings is 2. The zero-order valence-corrected chi connectivity index (χ0v) is 18.7. The van der Waals surface area contributed by atoms with Crippen molar-refractivity contribution < 1.29 is 4.79 Å². The van der Waals surface area contributed by atoms with Gasteiger partial charge in [0.15, 0.2) is 5.16 Å². The fourth-order valence-electron chi connectivity index (χ4n) is 2.98. The molecule has 152 valence electrons. The number of anilines is 1. The first-order valence-electron chi connectivity index (χ1n) is 9.16. The lowest BCUT2D eigenvalue weighted by Gasteiger charge is -2.09. The van der Waals surface area contributed by atoms with E-state index in [1.54, 1.807) is 31.3 Å². The second-order valence-electron chi connectivity index (χ2n) is 6.80. The number of carbonyl (C=O) groups is 1. The maximum absolute atomic E-state index is 12.8. The molecule has 0 unspecified atom stereocenters. The van der Waals surface area contributed by atoms with Gasteiger partial charge in [-0.25, -0.2) is 4.98 Å². The van der Waals surface area contributed by atoms with E-state index in [1.807, 2.05) is 36.6 Å². The predicted octanol–water partition coefficient (Wildman–Crippen LogP) is 5.35. The van der Waals surface area contributed by atoms with Gasteiger partial charge in [0.1, 0.15) is 4.70 Å². The van der Waals surface area contributed by atoms with Gasteiger partial charge in [0.05, 0.1) is 11.3 Å². The number of aryl methyl sites for hydroxylation is 1. The van der Waals surface area contributed by atoms with Crippen LogP contribution in [0.3, 0.4) is 0 Å². The monoisotopic (exact) mass is 455 g/mol. The molecular formula is C22H18ClN3O2S2. The number of thiophene rings is 1. The van der Waals surface area contributed by atoms with E-state index in [2.05, 4.69) is 5.32 Å². The lowest BCUT2D eigenvalue weighted by atomic mass is 10.1. The summed E-state index contributed by atoms with van der Waals surface area (Å²) in [7, 11) is 1.68. The largest absolute Gasteiger partial charge is 0.325 e. The van der Waals surface area contributed by atoms with Gasteiger partial charge in [-0.1, -0.05) is 59.3 Å². The molecule has 0 radical (unpaired) electrons. The van der Waals surface area contributed by atoms with Crippen LogP contribution in [0.2, 0.25) is 5.02 Å². The third kappa shape index (κ3) is 4.28. The lowest BCUT2D eigenvalue weighted by Crippen LogP contribution is -2.20. The first-order chi connectivity index (χ1) is 14.4. The number of nitrogens with zero attached hydrogens (tertiary/aromatic N) is 2. The molecule has 1 N–H and O–H groups in total. The average Bonchev–Trinajstić information content (AvgIpc) is 3.14.